The number of hydrogen-bond acceptors (Lipinski definition) is 5. The van der Waals surface area contributed by atoms with Crippen molar-refractivity contribution in [3.8, 4) is 0 Å². The van der Waals surface area contributed by atoms with Gasteiger partial charge in [0.15, 0.2) is 10.5 Å². The van der Waals surface area contributed by atoms with Gasteiger partial charge in [-0.2, -0.15) is 0 Å². The van der Waals surface area contributed by atoms with Gasteiger partial charge in [-0.25, -0.2) is 4.39 Å². The monoisotopic (exact) mass is 410 g/mol. The summed E-state index contributed by atoms with van der Waals surface area (Å²) in [5.74, 6) is 0.0952. The van der Waals surface area contributed by atoms with Crippen LogP contribution in [0.4, 0.5) is 15.8 Å². The summed E-state index contributed by atoms with van der Waals surface area (Å²) in [6.45, 7) is 3.17. The van der Waals surface area contributed by atoms with Crippen molar-refractivity contribution in [3.63, 3.8) is 0 Å². The number of rotatable bonds is 4. The Bertz CT molecular complexity index is 736. The van der Waals surface area contributed by atoms with Crippen LogP contribution >= 0.6 is 15.9 Å². The number of anilines is 2. The van der Waals surface area contributed by atoms with Gasteiger partial charge in [0, 0.05) is 25.9 Å². The minimum atomic E-state index is -0.463. The number of para-hydroxylation sites is 1. The molecule has 0 radical (unpaired) electrons. The Balaban J connectivity index is 1.49. The highest BCUT2D eigenvalue weighted by atomic mass is 79.9. The number of ether oxygens (including phenoxy) is 2. The molecule has 2 aliphatic heterocycles. The summed E-state index contributed by atoms with van der Waals surface area (Å²) in [5.41, 5.74) is 1.36. The second-order valence-corrected chi connectivity index (χ2v) is 7.07. The third kappa shape index (κ3) is 3.54. The molecule has 3 heterocycles. The Morgan fingerprint density at radius 3 is 2.56 bits per heavy atom. The summed E-state index contributed by atoms with van der Waals surface area (Å²) in [4.78, 5) is 2.06. The van der Waals surface area contributed by atoms with Crippen molar-refractivity contribution >= 4 is 27.3 Å². The van der Waals surface area contributed by atoms with E-state index in [0.717, 1.165) is 24.3 Å². The lowest BCUT2D eigenvalue weighted by Gasteiger charge is -2.39. The first-order valence-electron chi connectivity index (χ1n) is 8.45. The van der Waals surface area contributed by atoms with Crippen molar-refractivity contribution in [2.75, 3.05) is 36.5 Å². The minimum Gasteiger partial charge on any atom is -0.452 e. The molecule has 25 heavy (non-hydrogen) atoms. The summed E-state index contributed by atoms with van der Waals surface area (Å²) in [6.07, 6.45) is 1.48. The molecule has 1 N–H and O–H groups in total. The first-order chi connectivity index (χ1) is 12.2. The maximum atomic E-state index is 14.6. The Labute approximate surface area is 154 Å². The highest BCUT2D eigenvalue weighted by Gasteiger charge is 2.40. The van der Waals surface area contributed by atoms with E-state index in [9.17, 15) is 4.39 Å². The molecule has 1 aromatic heterocycles. The molecule has 4 rings (SSSR count). The molecule has 0 unspecified atom stereocenters. The lowest BCUT2D eigenvalue weighted by molar-refractivity contribution is -0.169. The molecule has 2 aliphatic rings. The SMILES string of the molecule is Fc1cccc(NCc2ccc(Br)o2)c1N1CCC2(CC1)OCCO2. The molecule has 0 bridgehead atoms. The summed E-state index contributed by atoms with van der Waals surface area (Å²) in [7, 11) is 0. The fourth-order valence-corrected chi connectivity index (χ4v) is 3.81. The lowest BCUT2D eigenvalue weighted by Crippen LogP contribution is -2.45. The average Bonchev–Trinajstić information content (AvgIpc) is 3.24. The van der Waals surface area contributed by atoms with Crippen LogP contribution in [0.25, 0.3) is 0 Å². The molecule has 7 heteroatoms. The number of benzene rings is 1. The van der Waals surface area contributed by atoms with Crippen LogP contribution < -0.4 is 10.2 Å². The van der Waals surface area contributed by atoms with Gasteiger partial charge in [0.2, 0.25) is 0 Å². The van der Waals surface area contributed by atoms with Crippen LogP contribution in [-0.4, -0.2) is 32.1 Å². The van der Waals surface area contributed by atoms with Crippen LogP contribution in [0.2, 0.25) is 0 Å². The molecule has 0 aliphatic carbocycles. The summed E-state index contributed by atoms with van der Waals surface area (Å²) >= 11 is 3.29. The smallest absolute Gasteiger partial charge is 0.171 e. The number of piperidine rings is 1. The minimum absolute atomic E-state index is 0.227. The molecular formula is C18H20BrFN2O3. The van der Waals surface area contributed by atoms with Gasteiger partial charge in [0.05, 0.1) is 31.1 Å². The molecule has 1 spiro atoms. The van der Waals surface area contributed by atoms with E-state index in [-0.39, 0.29) is 5.82 Å². The molecule has 2 aromatic rings. The van der Waals surface area contributed by atoms with E-state index in [1.54, 1.807) is 6.07 Å². The van der Waals surface area contributed by atoms with Gasteiger partial charge in [-0.3, -0.25) is 0 Å². The highest BCUT2D eigenvalue weighted by Crippen LogP contribution is 2.37. The second-order valence-electron chi connectivity index (χ2n) is 6.29. The van der Waals surface area contributed by atoms with Crippen molar-refractivity contribution in [1.29, 1.82) is 0 Å². The Hall–Kier alpha value is -1.57. The molecular weight excluding hydrogens is 391 g/mol. The predicted octanol–water partition coefficient (Wildman–Crippen LogP) is 4.14. The van der Waals surface area contributed by atoms with Crippen LogP contribution in [0, 0.1) is 5.82 Å². The van der Waals surface area contributed by atoms with E-state index in [4.69, 9.17) is 13.9 Å². The molecule has 1 aromatic carbocycles. The number of nitrogens with zero attached hydrogens (tertiary/aromatic N) is 1. The standard InChI is InChI=1S/C18H20BrFN2O3/c19-16-5-4-13(25-16)12-21-15-3-1-2-14(20)17(15)22-8-6-18(7-9-22)23-10-11-24-18/h1-5,21H,6-12H2. The normalized spacial score (nSPS) is 19.5. The van der Waals surface area contributed by atoms with Crippen LogP contribution in [0.1, 0.15) is 18.6 Å². The van der Waals surface area contributed by atoms with Crippen molar-refractivity contribution in [2.45, 2.75) is 25.2 Å². The first kappa shape index (κ1) is 16.9. The van der Waals surface area contributed by atoms with Gasteiger partial charge >= 0.3 is 0 Å². The van der Waals surface area contributed by atoms with Crippen molar-refractivity contribution in [2.24, 2.45) is 0 Å². The first-order valence-corrected chi connectivity index (χ1v) is 9.24. The van der Waals surface area contributed by atoms with Crippen LogP contribution in [-0.2, 0) is 16.0 Å². The lowest BCUT2D eigenvalue weighted by atomic mass is 10.0. The Morgan fingerprint density at radius 1 is 1.12 bits per heavy atom. The van der Waals surface area contributed by atoms with Gasteiger partial charge in [-0.05, 0) is 40.2 Å². The molecule has 5 nitrogen and oxygen atoms in total. The van der Waals surface area contributed by atoms with Gasteiger partial charge < -0.3 is 24.1 Å². The molecule has 0 saturated carbocycles. The summed E-state index contributed by atoms with van der Waals surface area (Å²) < 4.78 is 32.3. The topological polar surface area (TPSA) is 46.9 Å². The molecule has 0 atom stereocenters. The molecule has 2 fully saturated rings. The quantitative estimate of drug-likeness (QED) is 0.820. The van der Waals surface area contributed by atoms with Crippen molar-refractivity contribution < 1.29 is 18.3 Å². The third-order valence-corrected chi connectivity index (χ3v) is 5.15. The highest BCUT2D eigenvalue weighted by molar-refractivity contribution is 9.10. The molecule has 134 valence electrons. The number of nitrogens with one attached hydrogen (secondary N) is 1. The number of hydrogen-bond donors (Lipinski definition) is 1. The van der Waals surface area contributed by atoms with Crippen LogP contribution in [0.15, 0.2) is 39.4 Å². The zero-order chi connectivity index (χ0) is 17.3. The third-order valence-electron chi connectivity index (χ3n) is 4.72. The van der Waals surface area contributed by atoms with E-state index in [2.05, 4.69) is 26.1 Å². The molecule has 0 amide bonds. The van der Waals surface area contributed by atoms with E-state index < -0.39 is 5.79 Å². The van der Waals surface area contributed by atoms with Crippen molar-refractivity contribution in [3.05, 3.63) is 46.6 Å². The van der Waals surface area contributed by atoms with Gasteiger partial charge in [-0.15, -0.1) is 0 Å². The molecule has 2 saturated heterocycles. The fourth-order valence-electron chi connectivity index (χ4n) is 3.47. The fraction of sp³-hybridized carbons (Fsp3) is 0.444. The maximum Gasteiger partial charge on any atom is 0.171 e. The van der Waals surface area contributed by atoms with Gasteiger partial charge in [0.25, 0.3) is 0 Å². The largest absolute Gasteiger partial charge is 0.452 e. The zero-order valence-corrected chi connectivity index (χ0v) is 15.4. The second kappa shape index (κ2) is 6.97. The number of halogens is 2. The number of furan rings is 1. The van der Waals surface area contributed by atoms with Crippen LogP contribution in [0.5, 0.6) is 0 Å². The summed E-state index contributed by atoms with van der Waals surface area (Å²) in [6, 6.07) is 8.83. The Kier molecular flexibility index (Phi) is 4.71. The van der Waals surface area contributed by atoms with E-state index >= 15 is 0 Å². The van der Waals surface area contributed by atoms with E-state index in [0.29, 0.717) is 43.2 Å². The predicted molar refractivity (Wildman–Crippen MR) is 96.2 cm³/mol. The van der Waals surface area contributed by atoms with Crippen molar-refractivity contribution in [1.82, 2.24) is 0 Å². The van der Waals surface area contributed by atoms with Gasteiger partial charge in [0.1, 0.15) is 11.6 Å². The Morgan fingerprint density at radius 2 is 1.88 bits per heavy atom. The maximum absolute atomic E-state index is 14.6. The zero-order valence-electron chi connectivity index (χ0n) is 13.8. The van der Waals surface area contributed by atoms with Crippen LogP contribution in [0.3, 0.4) is 0 Å². The average molecular weight is 411 g/mol. The summed E-state index contributed by atoms with van der Waals surface area (Å²) in [5, 5.41) is 3.28. The van der Waals surface area contributed by atoms with E-state index in [1.807, 2.05) is 18.2 Å². The van der Waals surface area contributed by atoms with E-state index in [1.165, 1.54) is 6.07 Å². The van der Waals surface area contributed by atoms with Gasteiger partial charge in [-0.1, -0.05) is 6.07 Å².